The fraction of sp³-hybridized carbons (Fsp3) is 0.833. The molecule has 0 aliphatic carbocycles. The number of carbonyl (C=O) groups is 2. The molecule has 1 atom stereocenters. The molecule has 18 heavy (non-hydrogen) atoms. The van der Waals surface area contributed by atoms with Gasteiger partial charge in [0.25, 0.3) is 0 Å². The van der Waals surface area contributed by atoms with Crippen LogP contribution in [0.15, 0.2) is 0 Å². The zero-order chi connectivity index (χ0) is 13.8. The van der Waals surface area contributed by atoms with Crippen molar-refractivity contribution in [3.8, 4) is 0 Å². The lowest BCUT2D eigenvalue weighted by atomic mass is 10.3. The molecule has 0 saturated carbocycles. The van der Waals surface area contributed by atoms with Crippen molar-refractivity contribution in [1.82, 2.24) is 0 Å². The SMILES string of the molecule is COCCCOC(=O)CCC(=O)OC(C)COC. The van der Waals surface area contributed by atoms with Gasteiger partial charge in [-0.3, -0.25) is 9.59 Å². The van der Waals surface area contributed by atoms with Gasteiger partial charge in [0.2, 0.25) is 0 Å². The van der Waals surface area contributed by atoms with E-state index >= 15 is 0 Å². The smallest absolute Gasteiger partial charge is 0.306 e. The highest BCUT2D eigenvalue weighted by atomic mass is 16.6. The van der Waals surface area contributed by atoms with Gasteiger partial charge in [-0.05, 0) is 6.92 Å². The third kappa shape index (κ3) is 10.0. The third-order valence-corrected chi connectivity index (χ3v) is 2.02. The van der Waals surface area contributed by atoms with E-state index in [0.717, 1.165) is 0 Å². The van der Waals surface area contributed by atoms with Gasteiger partial charge in [-0.1, -0.05) is 0 Å². The lowest BCUT2D eigenvalue weighted by Crippen LogP contribution is -2.20. The Morgan fingerprint density at radius 3 is 2.28 bits per heavy atom. The first-order chi connectivity index (χ1) is 8.60. The van der Waals surface area contributed by atoms with Crippen molar-refractivity contribution in [2.75, 3.05) is 34.0 Å². The average Bonchev–Trinajstić information content (AvgIpc) is 2.32. The van der Waals surface area contributed by atoms with Crippen LogP contribution in [0.4, 0.5) is 0 Å². The Labute approximate surface area is 108 Å². The van der Waals surface area contributed by atoms with Crippen LogP contribution >= 0.6 is 0 Å². The zero-order valence-corrected chi connectivity index (χ0v) is 11.3. The highest BCUT2D eigenvalue weighted by Crippen LogP contribution is 2.00. The minimum atomic E-state index is -0.423. The fourth-order valence-electron chi connectivity index (χ4n) is 1.22. The minimum absolute atomic E-state index is 0.0250. The molecule has 0 N–H and O–H groups in total. The highest BCUT2D eigenvalue weighted by molar-refractivity contribution is 5.77. The topological polar surface area (TPSA) is 71.1 Å². The predicted molar refractivity (Wildman–Crippen MR) is 64.1 cm³/mol. The summed E-state index contributed by atoms with van der Waals surface area (Å²) in [7, 11) is 3.11. The summed E-state index contributed by atoms with van der Waals surface area (Å²) in [5, 5.41) is 0. The van der Waals surface area contributed by atoms with E-state index in [1.165, 1.54) is 7.11 Å². The van der Waals surface area contributed by atoms with Crippen molar-refractivity contribution in [3.63, 3.8) is 0 Å². The van der Waals surface area contributed by atoms with Crippen molar-refractivity contribution >= 4 is 11.9 Å². The van der Waals surface area contributed by atoms with Crippen LogP contribution in [-0.2, 0) is 28.5 Å². The molecule has 106 valence electrons. The quantitative estimate of drug-likeness (QED) is 0.431. The van der Waals surface area contributed by atoms with E-state index in [4.69, 9.17) is 18.9 Å². The molecule has 0 bridgehead atoms. The number of rotatable bonds is 10. The number of esters is 2. The molecule has 0 rings (SSSR count). The van der Waals surface area contributed by atoms with Crippen LogP contribution in [0.25, 0.3) is 0 Å². The lowest BCUT2D eigenvalue weighted by Gasteiger charge is -2.11. The molecule has 0 fully saturated rings. The van der Waals surface area contributed by atoms with E-state index < -0.39 is 11.9 Å². The molecule has 0 radical (unpaired) electrons. The van der Waals surface area contributed by atoms with E-state index in [-0.39, 0.29) is 18.9 Å². The maximum Gasteiger partial charge on any atom is 0.306 e. The highest BCUT2D eigenvalue weighted by Gasteiger charge is 2.12. The van der Waals surface area contributed by atoms with E-state index in [1.54, 1.807) is 14.0 Å². The monoisotopic (exact) mass is 262 g/mol. The van der Waals surface area contributed by atoms with Gasteiger partial charge in [0.15, 0.2) is 0 Å². The number of hydrogen-bond donors (Lipinski definition) is 0. The molecule has 0 heterocycles. The van der Waals surface area contributed by atoms with Crippen molar-refractivity contribution in [3.05, 3.63) is 0 Å². The van der Waals surface area contributed by atoms with Crippen LogP contribution in [-0.4, -0.2) is 52.1 Å². The van der Waals surface area contributed by atoms with Gasteiger partial charge >= 0.3 is 11.9 Å². The second-order valence-electron chi connectivity index (χ2n) is 3.82. The first-order valence-corrected chi connectivity index (χ1v) is 5.93. The van der Waals surface area contributed by atoms with Crippen LogP contribution in [0.5, 0.6) is 0 Å². The van der Waals surface area contributed by atoms with Gasteiger partial charge < -0.3 is 18.9 Å². The molecule has 0 aromatic carbocycles. The summed E-state index contributed by atoms with van der Waals surface area (Å²) >= 11 is 0. The Balaban J connectivity index is 3.56. The lowest BCUT2D eigenvalue weighted by molar-refractivity contribution is -0.154. The maximum atomic E-state index is 11.3. The average molecular weight is 262 g/mol. The largest absolute Gasteiger partial charge is 0.466 e. The molecule has 1 unspecified atom stereocenters. The van der Waals surface area contributed by atoms with Crippen molar-refractivity contribution in [2.45, 2.75) is 32.3 Å². The van der Waals surface area contributed by atoms with E-state index in [2.05, 4.69) is 0 Å². The number of carbonyl (C=O) groups excluding carboxylic acids is 2. The minimum Gasteiger partial charge on any atom is -0.466 e. The normalized spacial score (nSPS) is 11.9. The first-order valence-electron chi connectivity index (χ1n) is 5.93. The predicted octanol–water partition coefficient (Wildman–Crippen LogP) is 0.924. The molecule has 0 aromatic heterocycles. The van der Waals surface area contributed by atoms with Gasteiger partial charge in [-0.2, -0.15) is 0 Å². The van der Waals surface area contributed by atoms with Crippen molar-refractivity contribution in [1.29, 1.82) is 0 Å². The summed E-state index contributed by atoms with van der Waals surface area (Å²) in [6, 6.07) is 0. The van der Waals surface area contributed by atoms with Crippen LogP contribution in [0.3, 0.4) is 0 Å². The summed E-state index contributed by atoms with van der Waals surface area (Å²) in [6.07, 6.45) is 0.403. The summed E-state index contributed by atoms with van der Waals surface area (Å²) in [5.41, 5.74) is 0. The molecule has 6 heteroatoms. The fourth-order valence-corrected chi connectivity index (χ4v) is 1.22. The first kappa shape index (κ1) is 16.9. The second kappa shape index (κ2) is 11.0. The Kier molecular flexibility index (Phi) is 10.3. The molecule has 6 nitrogen and oxygen atoms in total. The van der Waals surface area contributed by atoms with E-state index in [0.29, 0.717) is 26.2 Å². The zero-order valence-electron chi connectivity index (χ0n) is 11.3. The number of ether oxygens (including phenoxy) is 4. The van der Waals surface area contributed by atoms with Crippen molar-refractivity contribution < 1.29 is 28.5 Å². The third-order valence-electron chi connectivity index (χ3n) is 2.02. The van der Waals surface area contributed by atoms with E-state index in [1.807, 2.05) is 0 Å². The van der Waals surface area contributed by atoms with Crippen molar-refractivity contribution in [2.24, 2.45) is 0 Å². The molecule has 0 aromatic rings. The Morgan fingerprint density at radius 2 is 1.67 bits per heavy atom. The molecular weight excluding hydrogens is 240 g/mol. The van der Waals surface area contributed by atoms with Crippen LogP contribution in [0.1, 0.15) is 26.2 Å². The van der Waals surface area contributed by atoms with E-state index in [9.17, 15) is 9.59 Å². The second-order valence-corrected chi connectivity index (χ2v) is 3.82. The van der Waals surface area contributed by atoms with Gasteiger partial charge in [0.05, 0.1) is 26.1 Å². The van der Waals surface area contributed by atoms with Gasteiger partial charge in [0, 0.05) is 27.2 Å². The summed E-state index contributed by atoms with van der Waals surface area (Å²) in [5.74, 6) is -0.823. The Hall–Kier alpha value is -1.14. The van der Waals surface area contributed by atoms with Crippen LogP contribution < -0.4 is 0 Å². The number of methoxy groups -OCH3 is 2. The van der Waals surface area contributed by atoms with Gasteiger partial charge in [-0.15, -0.1) is 0 Å². The molecule has 0 spiro atoms. The van der Waals surface area contributed by atoms with Gasteiger partial charge in [-0.25, -0.2) is 0 Å². The Bertz CT molecular complexity index is 241. The summed E-state index contributed by atoms with van der Waals surface area (Å²) in [6.45, 7) is 2.92. The molecule has 0 saturated heterocycles. The van der Waals surface area contributed by atoms with Gasteiger partial charge in [0.1, 0.15) is 6.10 Å². The maximum absolute atomic E-state index is 11.3. The standard InChI is InChI=1S/C12H22O6/c1-10(9-16-3)18-12(14)6-5-11(13)17-8-4-7-15-2/h10H,4-9H2,1-3H3. The van der Waals surface area contributed by atoms with Crippen LogP contribution in [0, 0.1) is 0 Å². The molecular formula is C12H22O6. The molecule has 0 amide bonds. The van der Waals surface area contributed by atoms with Crippen LogP contribution in [0.2, 0.25) is 0 Å². The summed E-state index contributed by atoms with van der Waals surface area (Å²) < 4.78 is 19.5. The molecule has 0 aliphatic heterocycles. The number of hydrogen-bond acceptors (Lipinski definition) is 6. The Morgan fingerprint density at radius 1 is 1.00 bits per heavy atom. The molecule has 0 aliphatic rings. The summed E-state index contributed by atoms with van der Waals surface area (Å²) in [4.78, 5) is 22.5.